The van der Waals surface area contributed by atoms with Gasteiger partial charge in [0.05, 0.1) is 18.1 Å². The number of carbonyl (C=O) groups excluding carboxylic acids is 3. The fraction of sp³-hybridized carbons (Fsp3) is 0.267. The van der Waals surface area contributed by atoms with Gasteiger partial charge in [0.1, 0.15) is 5.75 Å². The lowest BCUT2D eigenvalue weighted by atomic mass is 9.94. The highest BCUT2D eigenvalue weighted by atomic mass is 16.5. The minimum absolute atomic E-state index is 0.0202. The average Bonchev–Trinajstić information content (AvgIpc) is 2.92. The van der Waals surface area contributed by atoms with Crippen LogP contribution in [-0.4, -0.2) is 48.1 Å². The van der Waals surface area contributed by atoms with Crippen LogP contribution in [0.3, 0.4) is 0 Å². The van der Waals surface area contributed by atoms with Crippen LogP contribution in [0, 0.1) is 5.92 Å². The zero-order valence-corrected chi connectivity index (χ0v) is 21.9. The van der Waals surface area contributed by atoms with Crippen molar-refractivity contribution in [3.05, 3.63) is 89.5 Å². The summed E-state index contributed by atoms with van der Waals surface area (Å²) >= 11 is 0. The summed E-state index contributed by atoms with van der Waals surface area (Å²) in [6.45, 7) is 3.24. The Morgan fingerprint density at radius 2 is 1.56 bits per heavy atom. The summed E-state index contributed by atoms with van der Waals surface area (Å²) in [7, 11) is 0. The number of primary amides is 1. The molecule has 3 rings (SSSR count). The number of carbonyl (C=O) groups is 4. The first-order valence-electron chi connectivity index (χ1n) is 12.6. The van der Waals surface area contributed by atoms with Crippen LogP contribution in [0.25, 0.3) is 11.1 Å². The fourth-order valence-electron chi connectivity index (χ4n) is 4.11. The van der Waals surface area contributed by atoms with Crippen molar-refractivity contribution in [2.75, 3.05) is 13.2 Å². The molecule has 0 spiro atoms. The molecule has 0 radical (unpaired) electrons. The Hall–Kier alpha value is -4.66. The molecule has 0 aliphatic heterocycles. The van der Waals surface area contributed by atoms with E-state index in [-0.39, 0.29) is 29.5 Å². The predicted molar refractivity (Wildman–Crippen MR) is 145 cm³/mol. The molecule has 9 nitrogen and oxygen atoms in total. The van der Waals surface area contributed by atoms with Gasteiger partial charge in [-0.15, -0.1) is 0 Å². The average molecular weight is 533 g/mol. The van der Waals surface area contributed by atoms with Crippen molar-refractivity contribution in [2.45, 2.75) is 32.7 Å². The van der Waals surface area contributed by atoms with Crippen LogP contribution in [0.1, 0.15) is 46.5 Å². The van der Waals surface area contributed by atoms with Gasteiger partial charge in [-0.3, -0.25) is 14.4 Å². The maximum atomic E-state index is 13.3. The van der Waals surface area contributed by atoms with Crippen LogP contribution in [-0.2, 0) is 20.7 Å². The Morgan fingerprint density at radius 3 is 2.18 bits per heavy atom. The van der Waals surface area contributed by atoms with Crippen LogP contribution in [0.2, 0.25) is 0 Å². The van der Waals surface area contributed by atoms with Gasteiger partial charge in [-0.2, -0.15) is 0 Å². The fourth-order valence-corrected chi connectivity index (χ4v) is 4.11. The van der Waals surface area contributed by atoms with E-state index in [1.165, 1.54) is 18.2 Å². The number of hydrogen-bond donors (Lipinski definition) is 3. The van der Waals surface area contributed by atoms with Crippen molar-refractivity contribution in [3.63, 3.8) is 0 Å². The molecule has 3 aromatic carbocycles. The third-order valence-electron chi connectivity index (χ3n) is 6.00. The van der Waals surface area contributed by atoms with Crippen LogP contribution in [0.5, 0.6) is 5.75 Å². The monoisotopic (exact) mass is 532 g/mol. The van der Waals surface area contributed by atoms with E-state index in [0.29, 0.717) is 12.8 Å². The van der Waals surface area contributed by atoms with E-state index in [1.54, 1.807) is 13.8 Å². The van der Waals surface area contributed by atoms with Crippen molar-refractivity contribution in [2.24, 2.45) is 11.7 Å². The molecule has 0 fully saturated rings. The smallest absolute Gasteiger partial charge is 0.335 e. The lowest BCUT2D eigenvalue weighted by Gasteiger charge is -2.22. The molecule has 0 saturated carbocycles. The van der Waals surface area contributed by atoms with Gasteiger partial charge in [0.15, 0.2) is 6.61 Å². The van der Waals surface area contributed by atoms with E-state index >= 15 is 0 Å². The quantitative estimate of drug-likeness (QED) is 0.284. The lowest BCUT2D eigenvalue weighted by Crippen LogP contribution is -2.39. The molecule has 0 bridgehead atoms. The zero-order chi connectivity index (χ0) is 28.4. The highest BCUT2D eigenvalue weighted by Crippen LogP contribution is 2.22. The van der Waals surface area contributed by atoms with Gasteiger partial charge in [-0.05, 0) is 54.7 Å². The second kappa shape index (κ2) is 13.8. The second-order valence-corrected chi connectivity index (χ2v) is 9.13. The first-order chi connectivity index (χ1) is 18.7. The number of esters is 1. The van der Waals surface area contributed by atoms with E-state index in [0.717, 1.165) is 16.7 Å². The minimum Gasteiger partial charge on any atom is -0.484 e. The number of carboxylic acid groups (broad SMARTS) is 1. The molecule has 3 aromatic rings. The van der Waals surface area contributed by atoms with Crippen LogP contribution in [0.15, 0.2) is 72.8 Å². The summed E-state index contributed by atoms with van der Waals surface area (Å²) in [5.41, 5.74) is 8.03. The maximum absolute atomic E-state index is 13.3. The Balaban J connectivity index is 1.83. The number of ether oxygens (including phenoxy) is 2. The Bertz CT molecular complexity index is 1310. The van der Waals surface area contributed by atoms with Crippen LogP contribution < -0.4 is 15.8 Å². The van der Waals surface area contributed by atoms with Gasteiger partial charge in [-0.1, -0.05) is 61.5 Å². The van der Waals surface area contributed by atoms with Gasteiger partial charge in [-0.25, -0.2) is 4.79 Å². The van der Waals surface area contributed by atoms with Gasteiger partial charge < -0.3 is 25.6 Å². The topological polar surface area (TPSA) is 145 Å². The van der Waals surface area contributed by atoms with Gasteiger partial charge in [0.25, 0.3) is 11.8 Å². The second-order valence-electron chi connectivity index (χ2n) is 9.13. The molecule has 0 unspecified atom stereocenters. The lowest BCUT2D eigenvalue weighted by molar-refractivity contribution is -0.147. The Morgan fingerprint density at radius 1 is 0.923 bits per heavy atom. The minimum atomic E-state index is -1.26. The number of nitrogens with one attached hydrogen (secondary N) is 1. The summed E-state index contributed by atoms with van der Waals surface area (Å²) < 4.78 is 10.4. The largest absolute Gasteiger partial charge is 0.484 e. The third kappa shape index (κ3) is 8.70. The normalized spacial score (nSPS) is 12.2. The van der Waals surface area contributed by atoms with E-state index < -0.39 is 36.4 Å². The first kappa shape index (κ1) is 28.9. The van der Waals surface area contributed by atoms with Crippen LogP contribution >= 0.6 is 0 Å². The zero-order valence-electron chi connectivity index (χ0n) is 21.9. The van der Waals surface area contributed by atoms with E-state index in [1.807, 2.05) is 54.6 Å². The highest BCUT2D eigenvalue weighted by Gasteiger charge is 2.23. The van der Waals surface area contributed by atoms with E-state index in [9.17, 15) is 24.3 Å². The van der Waals surface area contributed by atoms with Gasteiger partial charge in [0.2, 0.25) is 0 Å². The molecule has 9 heteroatoms. The number of rotatable bonds is 13. The number of amides is 2. The van der Waals surface area contributed by atoms with Gasteiger partial charge >= 0.3 is 11.9 Å². The molecule has 2 amide bonds. The third-order valence-corrected chi connectivity index (χ3v) is 6.00. The van der Waals surface area contributed by atoms with Crippen molar-refractivity contribution in [3.8, 4) is 16.9 Å². The number of nitrogens with two attached hydrogens (primary N) is 1. The molecule has 0 aliphatic carbocycles. The predicted octanol–water partition coefficient (Wildman–Crippen LogP) is 3.85. The van der Waals surface area contributed by atoms with Crippen LogP contribution in [0.4, 0.5) is 0 Å². The number of carboxylic acids is 1. The molecule has 2 atom stereocenters. The molecule has 0 saturated heterocycles. The summed E-state index contributed by atoms with van der Waals surface area (Å²) in [6, 6.07) is 21.2. The molecule has 39 heavy (non-hydrogen) atoms. The number of benzene rings is 3. The summed E-state index contributed by atoms with van der Waals surface area (Å²) in [4.78, 5) is 48.3. The van der Waals surface area contributed by atoms with Crippen molar-refractivity contribution in [1.82, 2.24) is 5.32 Å². The SMILES string of the molecule is CCOC(=O)[C@H](C)C[C@@H](Cc1ccc(-c2ccccc2)cc1)NC(=O)c1cc(OCC(N)=O)cc(C(=O)O)c1. The molecule has 0 heterocycles. The molecule has 204 valence electrons. The van der Waals surface area contributed by atoms with Crippen molar-refractivity contribution >= 4 is 23.8 Å². The maximum Gasteiger partial charge on any atom is 0.335 e. The summed E-state index contributed by atoms with van der Waals surface area (Å²) in [6.07, 6.45) is 0.725. The van der Waals surface area contributed by atoms with Gasteiger partial charge in [0, 0.05) is 11.6 Å². The summed E-state index contributed by atoms with van der Waals surface area (Å²) in [5.74, 6) is -3.40. The number of aromatic carboxylic acids is 1. The molecule has 0 aliphatic rings. The standard InChI is InChI=1S/C30H32N2O7/c1-3-38-30(37)19(2)13-25(14-20-9-11-22(12-10-20)21-7-5-4-6-8-21)32-28(34)23-15-24(29(35)36)17-26(16-23)39-18-27(31)33/h4-12,15-17,19,25H,3,13-14,18H2,1-2H3,(H2,31,33)(H,32,34)(H,35,36)/t19-,25+/m1/s1. The molecular formula is C30H32N2O7. The Labute approximate surface area is 226 Å². The van der Waals surface area contributed by atoms with E-state index in [2.05, 4.69) is 5.32 Å². The van der Waals surface area contributed by atoms with Crippen molar-refractivity contribution in [1.29, 1.82) is 0 Å². The first-order valence-corrected chi connectivity index (χ1v) is 12.6. The molecular weight excluding hydrogens is 500 g/mol. The number of hydrogen-bond acceptors (Lipinski definition) is 6. The molecule has 0 aromatic heterocycles. The van der Waals surface area contributed by atoms with E-state index in [4.69, 9.17) is 15.2 Å². The summed E-state index contributed by atoms with van der Waals surface area (Å²) in [5, 5.41) is 12.4. The molecule has 4 N–H and O–H groups in total. The van der Waals surface area contributed by atoms with Crippen molar-refractivity contribution < 1.29 is 33.8 Å². The highest BCUT2D eigenvalue weighted by molar-refractivity contribution is 5.98. The Kier molecular flexibility index (Phi) is 10.2.